The average Bonchev–Trinajstić information content (AvgIpc) is 2.53. The van der Waals surface area contributed by atoms with Crippen LogP contribution in [0.15, 0.2) is 11.4 Å². The lowest BCUT2D eigenvalue weighted by Gasteiger charge is -2.26. The van der Waals surface area contributed by atoms with Gasteiger partial charge in [-0.2, -0.15) is 0 Å². The van der Waals surface area contributed by atoms with Crippen LogP contribution >= 0.6 is 23.7 Å². The fourth-order valence-electron chi connectivity index (χ4n) is 1.45. The molecule has 3 nitrogen and oxygen atoms in total. The molecular formula is C9H13ClN2OS. The van der Waals surface area contributed by atoms with Crippen molar-refractivity contribution < 1.29 is 4.79 Å². The summed E-state index contributed by atoms with van der Waals surface area (Å²) in [5, 5.41) is 5.09. The van der Waals surface area contributed by atoms with Crippen LogP contribution in [0.4, 0.5) is 5.69 Å². The largest absolute Gasteiger partial charge is 0.309 e. The van der Waals surface area contributed by atoms with Crippen molar-refractivity contribution in [3.8, 4) is 0 Å². The third-order valence-corrected chi connectivity index (χ3v) is 2.97. The van der Waals surface area contributed by atoms with Gasteiger partial charge >= 0.3 is 0 Å². The van der Waals surface area contributed by atoms with Crippen molar-refractivity contribution >= 4 is 35.3 Å². The summed E-state index contributed by atoms with van der Waals surface area (Å²) in [6, 6.07) is 2.06. The van der Waals surface area contributed by atoms with E-state index in [1.54, 1.807) is 11.3 Å². The minimum absolute atomic E-state index is 0. The minimum Gasteiger partial charge on any atom is -0.309 e. The molecule has 0 atom stereocenters. The van der Waals surface area contributed by atoms with E-state index in [9.17, 15) is 4.79 Å². The third-order valence-electron chi connectivity index (χ3n) is 2.12. The molecule has 2 heterocycles. The van der Waals surface area contributed by atoms with Crippen LogP contribution in [0.25, 0.3) is 0 Å². The van der Waals surface area contributed by atoms with Gasteiger partial charge in [0.05, 0.1) is 12.2 Å². The number of anilines is 1. The molecule has 0 saturated carbocycles. The van der Waals surface area contributed by atoms with Crippen LogP contribution < -0.4 is 10.2 Å². The quantitative estimate of drug-likeness (QED) is 0.794. The maximum absolute atomic E-state index is 11.5. The normalized spacial score (nSPS) is 16.6. The molecule has 1 amide bonds. The molecule has 14 heavy (non-hydrogen) atoms. The molecule has 0 spiro atoms. The zero-order valence-corrected chi connectivity index (χ0v) is 9.58. The predicted molar refractivity (Wildman–Crippen MR) is 61.5 cm³/mol. The molecule has 1 N–H and O–H groups in total. The molecule has 2 rings (SSSR count). The van der Waals surface area contributed by atoms with Gasteiger partial charge in [-0.05, 0) is 13.0 Å². The van der Waals surface area contributed by atoms with Crippen molar-refractivity contribution in [2.45, 2.75) is 6.92 Å². The van der Waals surface area contributed by atoms with Gasteiger partial charge in [-0.15, -0.1) is 23.7 Å². The van der Waals surface area contributed by atoms with E-state index in [0.29, 0.717) is 6.54 Å². The second-order valence-corrected chi connectivity index (χ2v) is 4.25. The number of nitrogens with one attached hydrogen (secondary N) is 1. The molecule has 1 aromatic heterocycles. The highest BCUT2D eigenvalue weighted by atomic mass is 35.5. The number of amides is 1. The highest BCUT2D eigenvalue weighted by molar-refractivity contribution is 7.10. The van der Waals surface area contributed by atoms with Gasteiger partial charge in [0.1, 0.15) is 0 Å². The van der Waals surface area contributed by atoms with E-state index in [4.69, 9.17) is 0 Å². The highest BCUT2D eigenvalue weighted by Crippen LogP contribution is 2.22. The van der Waals surface area contributed by atoms with E-state index in [-0.39, 0.29) is 18.3 Å². The first-order chi connectivity index (χ1) is 6.27. The number of rotatable bonds is 1. The van der Waals surface area contributed by atoms with E-state index < -0.39 is 0 Å². The Bertz CT molecular complexity index is 326. The summed E-state index contributed by atoms with van der Waals surface area (Å²) in [6.07, 6.45) is 0. The molecule has 5 heteroatoms. The fraction of sp³-hybridized carbons (Fsp3) is 0.444. The number of hydrogen-bond acceptors (Lipinski definition) is 3. The number of aryl methyl sites for hydroxylation is 1. The van der Waals surface area contributed by atoms with Gasteiger partial charge in [0.25, 0.3) is 0 Å². The van der Waals surface area contributed by atoms with Crippen LogP contribution in [0, 0.1) is 6.92 Å². The number of hydrogen-bond donors (Lipinski definition) is 1. The van der Waals surface area contributed by atoms with E-state index in [0.717, 1.165) is 18.8 Å². The summed E-state index contributed by atoms with van der Waals surface area (Å²) in [5.74, 6) is 0.170. The minimum atomic E-state index is 0. The van der Waals surface area contributed by atoms with Gasteiger partial charge in [0, 0.05) is 23.3 Å². The molecule has 0 unspecified atom stereocenters. The summed E-state index contributed by atoms with van der Waals surface area (Å²) in [7, 11) is 0. The number of nitrogens with zero attached hydrogens (tertiary/aromatic N) is 1. The Hall–Kier alpha value is -0.580. The SMILES string of the molecule is Cc1cc(N2CCNCC2=O)cs1.Cl. The molecular weight excluding hydrogens is 220 g/mol. The Morgan fingerprint density at radius 1 is 1.57 bits per heavy atom. The van der Waals surface area contributed by atoms with Gasteiger partial charge < -0.3 is 10.2 Å². The first kappa shape index (κ1) is 11.5. The lowest BCUT2D eigenvalue weighted by molar-refractivity contribution is -0.118. The number of halogens is 1. The van der Waals surface area contributed by atoms with Crippen molar-refractivity contribution in [3.63, 3.8) is 0 Å². The molecule has 1 fully saturated rings. The summed E-state index contributed by atoms with van der Waals surface area (Å²) < 4.78 is 0. The van der Waals surface area contributed by atoms with Crippen molar-refractivity contribution in [2.24, 2.45) is 0 Å². The lowest BCUT2D eigenvalue weighted by atomic mass is 10.3. The molecule has 78 valence electrons. The topological polar surface area (TPSA) is 32.3 Å². The van der Waals surface area contributed by atoms with Gasteiger partial charge in [-0.1, -0.05) is 0 Å². The number of carbonyl (C=O) groups excluding carboxylic acids is 1. The monoisotopic (exact) mass is 232 g/mol. The Balaban J connectivity index is 0.000000980. The average molecular weight is 233 g/mol. The summed E-state index contributed by atoms with van der Waals surface area (Å²) >= 11 is 1.69. The van der Waals surface area contributed by atoms with Crippen molar-refractivity contribution in [3.05, 3.63) is 16.3 Å². The van der Waals surface area contributed by atoms with Crippen molar-refractivity contribution in [1.82, 2.24) is 5.32 Å². The third kappa shape index (κ3) is 2.26. The molecule has 1 aliphatic rings. The van der Waals surface area contributed by atoms with Crippen LogP contribution in [0.1, 0.15) is 4.88 Å². The summed E-state index contributed by atoms with van der Waals surface area (Å²) in [4.78, 5) is 14.6. The van der Waals surface area contributed by atoms with Crippen LogP contribution in [0.2, 0.25) is 0 Å². The van der Waals surface area contributed by atoms with Gasteiger partial charge in [0.2, 0.25) is 5.91 Å². The first-order valence-corrected chi connectivity index (χ1v) is 5.21. The standard InChI is InChI=1S/C9H12N2OS.ClH/c1-7-4-8(6-13-7)11-3-2-10-5-9(11)12;/h4,6,10H,2-3,5H2,1H3;1H. The molecule has 1 saturated heterocycles. The first-order valence-electron chi connectivity index (χ1n) is 4.33. The van der Waals surface area contributed by atoms with Crippen LogP contribution in [-0.4, -0.2) is 25.5 Å². The molecule has 0 radical (unpaired) electrons. The van der Waals surface area contributed by atoms with Crippen LogP contribution in [0.3, 0.4) is 0 Å². The van der Waals surface area contributed by atoms with Crippen LogP contribution in [0.5, 0.6) is 0 Å². The molecule has 0 aromatic carbocycles. The molecule has 1 aliphatic heterocycles. The van der Waals surface area contributed by atoms with E-state index in [1.165, 1.54) is 4.88 Å². The Kier molecular flexibility index (Phi) is 3.92. The maximum Gasteiger partial charge on any atom is 0.241 e. The smallest absolute Gasteiger partial charge is 0.241 e. The zero-order chi connectivity index (χ0) is 9.26. The Labute approximate surface area is 93.5 Å². The van der Waals surface area contributed by atoms with E-state index in [1.807, 2.05) is 10.3 Å². The zero-order valence-electron chi connectivity index (χ0n) is 7.95. The Morgan fingerprint density at radius 2 is 2.36 bits per heavy atom. The Morgan fingerprint density at radius 3 is 2.93 bits per heavy atom. The van der Waals surface area contributed by atoms with E-state index in [2.05, 4.69) is 18.3 Å². The van der Waals surface area contributed by atoms with Gasteiger partial charge in [0.15, 0.2) is 0 Å². The number of piperazine rings is 1. The maximum atomic E-state index is 11.5. The van der Waals surface area contributed by atoms with Crippen molar-refractivity contribution in [2.75, 3.05) is 24.5 Å². The van der Waals surface area contributed by atoms with Gasteiger partial charge in [-0.25, -0.2) is 0 Å². The molecule has 0 bridgehead atoms. The second kappa shape index (κ2) is 4.77. The molecule has 0 aliphatic carbocycles. The lowest BCUT2D eigenvalue weighted by Crippen LogP contribution is -2.48. The van der Waals surface area contributed by atoms with Crippen LogP contribution in [-0.2, 0) is 4.79 Å². The van der Waals surface area contributed by atoms with E-state index >= 15 is 0 Å². The van der Waals surface area contributed by atoms with Crippen molar-refractivity contribution in [1.29, 1.82) is 0 Å². The van der Waals surface area contributed by atoms with Gasteiger partial charge in [-0.3, -0.25) is 4.79 Å². The highest BCUT2D eigenvalue weighted by Gasteiger charge is 2.19. The predicted octanol–water partition coefficient (Wildman–Crippen LogP) is 1.41. The number of carbonyl (C=O) groups is 1. The number of thiophene rings is 1. The summed E-state index contributed by atoms with van der Waals surface area (Å²) in [5.41, 5.74) is 1.05. The summed E-state index contributed by atoms with van der Waals surface area (Å²) in [6.45, 7) is 4.20. The second-order valence-electron chi connectivity index (χ2n) is 3.14. The molecule has 1 aromatic rings. The fourth-order valence-corrected chi connectivity index (χ4v) is 2.14.